The van der Waals surface area contributed by atoms with Gasteiger partial charge in [0, 0.05) is 26.3 Å². The fourth-order valence-corrected chi connectivity index (χ4v) is 3.50. The van der Waals surface area contributed by atoms with Crippen LogP contribution in [0.5, 0.6) is 5.75 Å². The Labute approximate surface area is 151 Å². The van der Waals surface area contributed by atoms with Crippen LogP contribution in [-0.2, 0) is 17.7 Å². The molecule has 1 aromatic carbocycles. The smallest absolute Gasteiger partial charge is 0.138 e. The number of benzene rings is 1. The molecule has 2 aliphatic rings. The summed E-state index contributed by atoms with van der Waals surface area (Å²) in [5.74, 6) is 2.43. The minimum Gasteiger partial charge on any atom is -0.492 e. The van der Waals surface area contributed by atoms with Crippen molar-refractivity contribution in [1.82, 2.24) is 5.32 Å². The normalized spacial score (nSPS) is 22.6. The zero-order valence-corrected chi connectivity index (χ0v) is 15.7. The minimum absolute atomic E-state index is 0.680. The molecule has 0 saturated heterocycles. The Hall–Kier alpha value is -0.770. The van der Waals surface area contributed by atoms with Crippen LogP contribution in [0, 0.1) is 11.8 Å². The van der Waals surface area contributed by atoms with Crippen molar-refractivity contribution in [3.63, 3.8) is 0 Å². The average Bonchev–Trinajstić information content (AvgIpc) is 3.48. The highest BCUT2D eigenvalue weighted by Gasteiger charge is 2.35. The Kier molecular flexibility index (Phi) is 6.43. The van der Waals surface area contributed by atoms with E-state index in [0.717, 1.165) is 60.8 Å². The Bertz CT molecular complexity index is 545. The van der Waals surface area contributed by atoms with Gasteiger partial charge in [0.25, 0.3) is 0 Å². The Morgan fingerprint density at radius 1 is 1.25 bits per heavy atom. The Morgan fingerprint density at radius 3 is 2.75 bits per heavy atom. The molecule has 4 heteroatoms. The van der Waals surface area contributed by atoms with Gasteiger partial charge in [-0.3, -0.25) is 0 Å². The third-order valence-electron chi connectivity index (χ3n) is 5.19. The van der Waals surface area contributed by atoms with Crippen LogP contribution >= 0.6 is 11.6 Å². The number of nitrogens with one attached hydrogen (secondary N) is 1. The van der Waals surface area contributed by atoms with Crippen molar-refractivity contribution in [2.24, 2.45) is 11.8 Å². The molecule has 0 aliphatic heterocycles. The lowest BCUT2D eigenvalue weighted by Gasteiger charge is -2.15. The third-order valence-corrected chi connectivity index (χ3v) is 5.62. The van der Waals surface area contributed by atoms with Crippen molar-refractivity contribution >= 4 is 11.6 Å². The molecule has 0 radical (unpaired) electrons. The van der Waals surface area contributed by atoms with E-state index < -0.39 is 0 Å². The second-order valence-corrected chi connectivity index (χ2v) is 7.67. The highest BCUT2D eigenvalue weighted by Crippen LogP contribution is 2.42. The van der Waals surface area contributed by atoms with E-state index in [-0.39, 0.29) is 0 Å². The molecule has 24 heavy (non-hydrogen) atoms. The fourth-order valence-electron chi connectivity index (χ4n) is 3.27. The molecule has 3 nitrogen and oxygen atoms in total. The maximum absolute atomic E-state index is 6.63. The van der Waals surface area contributed by atoms with Crippen molar-refractivity contribution < 1.29 is 9.47 Å². The lowest BCUT2D eigenvalue weighted by molar-refractivity contribution is 0.195. The van der Waals surface area contributed by atoms with Crippen LogP contribution in [0.25, 0.3) is 0 Å². The van der Waals surface area contributed by atoms with Gasteiger partial charge in [0.15, 0.2) is 0 Å². The van der Waals surface area contributed by atoms with E-state index in [1.165, 1.54) is 31.2 Å². The van der Waals surface area contributed by atoms with Crippen LogP contribution in [0.2, 0.25) is 5.02 Å². The first-order valence-electron chi connectivity index (χ1n) is 9.37. The van der Waals surface area contributed by atoms with Crippen LogP contribution in [0.1, 0.15) is 50.2 Å². The summed E-state index contributed by atoms with van der Waals surface area (Å²) >= 11 is 6.63. The van der Waals surface area contributed by atoms with Crippen LogP contribution in [-0.4, -0.2) is 26.4 Å². The number of ether oxygens (including phenoxy) is 2. The van der Waals surface area contributed by atoms with Crippen LogP contribution in [0.15, 0.2) is 12.1 Å². The summed E-state index contributed by atoms with van der Waals surface area (Å²) in [5.41, 5.74) is 2.46. The summed E-state index contributed by atoms with van der Waals surface area (Å²) in [5, 5.41) is 4.35. The van der Waals surface area contributed by atoms with E-state index in [9.17, 15) is 0 Å². The number of halogens is 1. The Morgan fingerprint density at radius 2 is 2.08 bits per heavy atom. The molecule has 1 aromatic rings. The molecule has 0 aromatic heterocycles. The van der Waals surface area contributed by atoms with E-state index in [0.29, 0.717) is 6.04 Å². The summed E-state index contributed by atoms with van der Waals surface area (Å²) in [6.45, 7) is 4.68. The first kappa shape index (κ1) is 18.0. The van der Waals surface area contributed by atoms with E-state index in [1.807, 2.05) is 0 Å². The van der Waals surface area contributed by atoms with Gasteiger partial charge in [-0.25, -0.2) is 0 Å². The standard InChI is InChI=1S/C20H30ClNO2/c1-3-15-11-17(15)13-24-19-10-14(5-4-8-23-2)9-16(20(19)21)12-22-18-6-7-18/h9-10,15,17-18,22H,3-8,11-13H2,1-2H3. The molecule has 3 rings (SSSR count). The zero-order chi connectivity index (χ0) is 16.9. The number of aryl methyl sites for hydroxylation is 1. The first-order valence-corrected chi connectivity index (χ1v) is 9.75. The van der Waals surface area contributed by atoms with Gasteiger partial charge < -0.3 is 14.8 Å². The van der Waals surface area contributed by atoms with Gasteiger partial charge in [0.05, 0.1) is 11.6 Å². The maximum Gasteiger partial charge on any atom is 0.138 e. The molecule has 0 heterocycles. The van der Waals surface area contributed by atoms with Crippen molar-refractivity contribution in [2.45, 2.75) is 58.0 Å². The molecule has 2 unspecified atom stereocenters. The van der Waals surface area contributed by atoms with Crippen LogP contribution < -0.4 is 10.1 Å². The highest BCUT2D eigenvalue weighted by atomic mass is 35.5. The van der Waals surface area contributed by atoms with Crippen LogP contribution in [0.3, 0.4) is 0 Å². The van der Waals surface area contributed by atoms with Gasteiger partial charge in [-0.2, -0.15) is 0 Å². The molecular formula is C20H30ClNO2. The topological polar surface area (TPSA) is 30.5 Å². The quantitative estimate of drug-likeness (QED) is 0.591. The summed E-state index contributed by atoms with van der Waals surface area (Å²) in [7, 11) is 1.75. The SMILES string of the molecule is CCC1CC1COc1cc(CCCOC)cc(CNC2CC2)c1Cl. The predicted octanol–water partition coefficient (Wildman–Crippen LogP) is 4.60. The second-order valence-electron chi connectivity index (χ2n) is 7.29. The van der Waals surface area contributed by atoms with Crippen molar-refractivity contribution in [2.75, 3.05) is 20.3 Å². The lowest BCUT2D eigenvalue weighted by Crippen LogP contribution is -2.16. The molecule has 0 bridgehead atoms. The number of methoxy groups -OCH3 is 1. The summed E-state index contributed by atoms with van der Waals surface area (Å²) in [4.78, 5) is 0. The van der Waals surface area contributed by atoms with Gasteiger partial charge in [-0.15, -0.1) is 0 Å². The minimum atomic E-state index is 0.680. The molecule has 134 valence electrons. The highest BCUT2D eigenvalue weighted by molar-refractivity contribution is 6.32. The average molecular weight is 352 g/mol. The lowest BCUT2D eigenvalue weighted by atomic mass is 10.1. The number of hydrogen-bond donors (Lipinski definition) is 1. The molecular weight excluding hydrogens is 322 g/mol. The fraction of sp³-hybridized carbons (Fsp3) is 0.700. The number of hydrogen-bond acceptors (Lipinski definition) is 3. The summed E-state index contributed by atoms with van der Waals surface area (Å²) in [6.07, 6.45) is 7.16. The van der Waals surface area contributed by atoms with Gasteiger partial charge in [0.1, 0.15) is 5.75 Å². The molecule has 2 fully saturated rings. The van der Waals surface area contributed by atoms with Crippen molar-refractivity contribution in [1.29, 1.82) is 0 Å². The second kappa shape index (κ2) is 8.55. The Balaban J connectivity index is 1.65. The third kappa shape index (κ3) is 5.11. The van der Waals surface area contributed by atoms with Crippen LogP contribution in [0.4, 0.5) is 0 Å². The molecule has 2 atom stereocenters. The van der Waals surface area contributed by atoms with Gasteiger partial charge in [-0.1, -0.05) is 31.0 Å². The first-order chi connectivity index (χ1) is 11.7. The largest absolute Gasteiger partial charge is 0.492 e. The molecule has 1 N–H and O–H groups in total. The molecule has 0 spiro atoms. The molecule has 2 saturated carbocycles. The number of rotatable bonds is 11. The van der Waals surface area contributed by atoms with Gasteiger partial charge in [0.2, 0.25) is 0 Å². The monoisotopic (exact) mass is 351 g/mol. The summed E-state index contributed by atoms with van der Waals surface area (Å²) < 4.78 is 11.3. The predicted molar refractivity (Wildman–Crippen MR) is 98.9 cm³/mol. The van der Waals surface area contributed by atoms with Crippen molar-refractivity contribution in [3.05, 3.63) is 28.3 Å². The van der Waals surface area contributed by atoms with E-state index >= 15 is 0 Å². The summed E-state index contributed by atoms with van der Waals surface area (Å²) in [6, 6.07) is 5.04. The van der Waals surface area contributed by atoms with Crippen molar-refractivity contribution in [3.8, 4) is 5.75 Å². The van der Waals surface area contributed by atoms with E-state index in [2.05, 4.69) is 24.4 Å². The van der Waals surface area contributed by atoms with E-state index in [1.54, 1.807) is 7.11 Å². The molecule has 0 amide bonds. The molecule has 2 aliphatic carbocycles. The van der Waals surface area contributed by atoms with Gasteiger partial charge in [-0.05, 0) is 61.1 Å². The maximum atomic E-state index is 6.63. The van der Waals surface area contributed by atoms with E-state index in [4.69, 9.17) is 21.1 Å². The zero-order valence-electron chi connectivity index (χ0n) is 14.9. The van der Waals surface area contributed by atoms with Gasteiger partial charge >= 0.3 is 0 Å².